The van der Waals surface area contributed by atoms with Gasteiger partial charge in [0, 0.05) is 5.92 Å². The molecular formula is C10H16N4O2S. The van der Waals surface area contributed by atoms with Gasteiger partial charge in [-0.1, -0.05) is 12.0 Å². The SMILES string of the molecule is CC1CC1c1nnc([N+]2([O-])CN(C)CC2O)s1. The van der Waals surface area contributed by atoms with Crippen LogP contribution in [0.4, 0.5) is 5.13 Å². The number of β-amino-alcohol motifs (C(OH)–C–C–N with tert-alkyl or cyclic N) is 1. The quantitative estimate of drug-likeness (QED) is 0.622. The summed E-state index contributed by atoms with van der Waals surface area (Å²) in [6, 6.07) is 0. The van der Waals surface area contributed by atoms with Crippen LogP contribution in [0, 0.1) is 11.1 Å². The van der Waals surface area contributed by atoms with E-state index < -0.39 is 10.9 Å². The molecule has 0 amide bonds. The molecule has 17 heavy (non-hydrogen) atoms. The Bertz CT molecular complexity index is 440. The summed E-state index contributed by atoms with van der Waals surface area (Å²) in [5.74, 6) is 1.13. The van der Waals surface area contributed by atoms with Crippen LogP contribution in [0.5, 0.6) is 0 Å². The van der Waals surface area contributed by atoms with Gasteiger partial charge in [0.25, 0.3) is 0 Å². The van der Waals surface area contributed by atoms with Crippen molar-refractivity contribution in [1.82, 2.24) is 19.7 Å². The fraction of sp³-hybridized carbons (Fsp3) is 0.800. The van der Waals surface area contributed by atoms with Crippen molar-refractivity contribution < 1.29 is 5.11 Å². The van der Waals surface area contributed by atoms with Gasteiger partial charge in [-0.15, -0.1) is 5.10 Å². The number of hydrogen-bond donors (Lipinski definition) is 1. The third-order valence-electron chi connectivity index (χ3n) is 3.59. The van der Waals surface area contributed by atoms with Gasteiger partial charge in [-0.2, -0.15) is 0 Å². The van der Waals surface area contributed by atoms with Crippen molar-refractivity contribution in [3.05, 3.63) is 10.2 Å². The van der Waals surface area contributed by atoms with Gasteiger partial charge in [-0.25, -0.2) is 0 Å². The summed E-state index contributed by atoms with van der Waals surface area (Å²) in [7, 11) is 1.83. The third kappa shape index (κ3) is 1.78. The third-order valence-corrected chi connectivity index (χ3v) is 4.76. The molecule has 2 aliphatic rings. The first-order valence-electron chi connectivity index (χ1n) is 5.80. The largest absolute Gasteiger partial charge is 0.623 e. The van der Waals surface area contributed by atoms with Crippen LogP contribution in [0.25, 0.3) is 0 Å². The fourth-order valence-electron chi connectivity index (χ4n) is 2.30. The summed E-state index contributed by atoms with van der Waals surface area (Å²) in [5, 5.41) is 31.8. The second-order valence-electron chi connectivity index (χ2n) is 5.20. The number of rotatable bonds is 2. The second kappa shape index (κ2) is 3.69. The molecule has 1 aliphatic heterocycles. The van der Waals surface area contributed by atoms with Crippen LogP contribution in [-0.2, 0) is 0 Å². The van der Waals surface area contributed by atoms with Crippen molar-refractivity contribution in [2.45, 2.75) is 25.5 Å². The highest BCUT2D eigenvalue weighted by atomic mass is 32.1. The Hall–Kier alpha value is -0.600. The average Bonchev–Trinajstić information content (AvgIpc) is 2.73. The zero-order valence-corrected chi connectivity index (χ0v) is 10.7. The molecule has 4 unspecified atom stereocenters. The number of aliphatic hydroxyl groups is 1. The van der Waals surface area contributed by atoms with E-state index in [0.29, 0.717) is 23.5 Å². The molecule has 0 spiro atoms. The number of aliphatic hydroxyl groups excluding tert-OH is 1. The summed E-state index contributed by atoms with van der Waals surface area (Å²) in [6.45, 7) is 2.81. The van der Waals surface area contributed by atoms with E-state index in [1.165, 1.54) is 11.3 Å². The topological polar surface area (TPSA) is 72.3 Å². The Balaban J connectivity index is 1.86. The maximum absolute atomic E-state index is 12.5. The fourth-order valence-corrected chi connectivity index (χ4v) is 3.47. The summed E-state index contributed by atoms with van der Waals surface area (Å²) in [5.41, 5.74) is 0. The number of quaternary nitrogens is 1. The minimum Gasteiger partial charge on any atom is -0.623 e. The highest BCUT2D eigenvalue weighted by molar-refractivity contribution is 7.15. The minimum atomic E-state index is -0.947. The first kappa shape index (κ1) is 11.5. The first-order chi connectivity index (χ1) is 8.00. The molecule has 1 N–H and O–H groups in total. The molecule has 0 bridgehead atoms. The zero-order valence-electron chi connectivity index (χ0n) is 9.91. The van der Waals surface area contributed by atoms with Gasteiger partial charge in [0.2, 0.25) is 6.23 Å². The lowest BCUT2D eigenvalue weighted by Gasteiger charge is -2.36. The molecule has 1 saturated carbocycles. The lowest BCUT2D eigenvalue weighted by Crippen LogP contribution is -2.48. The summed E-state index contributed by atoms with van der Waals surface area (Å²) >= 11 is 1.36. The molecule has 2 fully saturated rings. The van der Waals surface area contributed by atoms with Gasteiger partial charge in [-0.3, -0.25) is 9.55 Å². The molecule has 0 radical (unpaired) electrons. The van der Waals surface area contributed by atoms with Crippen molar-refractivity contribution in [2.75, 3.05) is 20.3 Å². The predicted molar refractivity (Wildman–Crippen MR) is 65.1 cm³/mol. The van der Waals surface area contributed by atoms with E-state index in [-0.39, 0.29) is 6.67 Å². The van der Waals surface area contributed by atoms with Gasteiger partial charge < -0.3 is 10.3 Å². The zero-order chi connectivity index (χ0) is 12.2. The van der Waals surface area contributed by atoms with Crippen molar-refractivity contribution in [3.8, 4) is 0 Å². The number of hydroxylamine groups is 2. The molecule has 1 aliphatic carbocycles. The van der Waals surface area contributed by atoms with E-state index in [1.807, 2.05) is 11.9 Å². The Morgan fingerprint density at radius 3 is 2.76 bits per heavy atom. The number of aromatic nitrogens is 2. The van der Waals surface area contributed by atoms with Gasteiger partial charge in [0.05, 0.1) is 6.54 Å². The maximum Gasteiger partial charge on any atom is 0.309 e. The average molecular weight is 256 g/mol. The minimum absolute atomic E-state index is 0.246. The van der Waals surface area contributed by atoms with Crippen molar-refractivity contribution in [1.29, 1.82) is 0 Å². The first-order valence-corrected chi connectivity index (χ1v) is 6.61. The van der Waals surface area contributed by atoms with Crippen LogP contribution in [0.3, 0.4) is 0 Å². The van der Waals surface area contributed by atoms with Crippen LogP contribution in [0.2, 0.25) is 0 Å². The van der Waals surface area contributed by atoms with Gasteiger partial charge in [0.1, 0.15) is 11.7 Å². The highest BCUT2D eigenvalue weighted by Crippen LogP contribution is 2.49. The Kier molecular flexibility index (Phi) is 2.50. The van der Waals surface area contributed by atoms with Crippen LogP contribution in [-0.4, -0.2) is 46.7 Å². The second-order valence-corrected chi connectivity index (χ2v) is 6.19. The standard InChI is InChI=1S/C10H16N4O2S/c1-6-3-7(6)9-11-12-10(17-9)14(16)5-13(2)4-8(14)15/h6-8,15H,3-5H2,1-2H3. The molecular weight excluding hydrogens is 240 g/mol. The van der Waals surface area contributed by atoms with Gasteiger partial charge in [-0.05, 0) is 30.7 Å². The molecule has 6 nitrogen and oxygen atoms in total. The Morgan fingerprint density at radius 1 is 1.53 bits per heavy atom. The van der Waals surface area contributed by atoms with Crippen LogP contribution >= 0.6 is 11.3 Å². The molecule has 1 aromatic heterocycles. The van der Waals surface area contributed by atoms with E-state index in [0.717, 1.165) is 11.4 Å². The van der Waals surface area contributed by atoms with Crippen molar-refractivity contribution >= 4 is 16.5 Å². The van der Waals surface area contributed by atoms with Crippen LogP contribution in [0.15, 0.2) is 0 Å². The normalized spacial score (nSPS) is 42.0. The molecule has 3 rings (SSSR count). The smallest absolute Gasteiger partial charge is 0.309 e. The molecule has 7 heteroatoms. The summed E-state index contributed by atoms with van der Waals surface area (Å²) in [4.78, 5) is 1.82. The molecule has 1 aromatic rings. The lowest BCUT2D eigenvalue weighted by molar-refractivity contribution is 0.0844. The number of hydrogen-bond acceptors (Lipinski definition) is 6. The molecule has 1 saturated heterocycles. The molecule has 2 heterocycles. The lowest BCUT2D eigenvalue weighted by atomic mass is 10.4. The monoisotopic (exact) mass is 256 g/mol. The molecule has 94 valence electrons. The van der Waals surface area contributed by atoms with Crippen molar-refractivity contribution in [3.63, 3.8) is 0 Å². The van der Waals surface area contributed by atoms with Crippen LogP contribution in [0.1, 0.15) is 24.3 Å². The Morgan fingerprint density at radius 2 is 2.24 bits per heavy atom. The highest BCUT2D eigenvalue weighted by Gasteiger charge is 2.43. The van der Waals surface area contributed by atoms with E-state index in [9.17, 15) is 10.3 Å². The number of likely N-dealkylation sites (N-methyl/N-ethyl adjacent to an activating group) is 1. The predicted octanol–water partition coefficient (Wildman–Crippen LogP) is 0.688. The summed E-state index contributed by atoms with van der Waals surface area (Å²) < 4.78 is -0.769. The van der Waals surface area contributed by atoms with E-state index in [1.54, 1.807) is 0 Å². The van der Waals surface area contributed by atoms with Gasteiger partial charge in [0.15, 0.2) is 0 Å². The van der Waals surface area contributed by atoms with Crippen molar-refractivity contribution in [2.24, 2.45) is 5.92 Å². The molecule has 0 aromatic carbocycles. The number of nitrogens with zero attached hydrogens (tertiary/aromatic N) is 4. The molecule has 4 atom stereocenters. The maximum atomic E-state index is 12.5. The van der Waals surface area contributed by atoms with E-state index >= 15 is 0 Å². The van der Waals surface area contributed by atoms with Gasteiger partial charge >= 0.3 is 5.13 Å². The van der Waals surface area contributed by atoms with E-state index in [2.05, 4.69) is 17.1 Å². The van der Waals surface area contributed by atoms with Crippen LogP contribution < -0.4 is 4.65 Å². The summed E-state index contributed by atoms with van der Waals surface area (Å²) in [6.07, 6.45) is 0.188. The van der Waals surface area contributed by atoms with E-state index in [4.69, 9.17) is 0 Å². The Labute approximate surface area is 104 Å².